The molecule has 4 aromatic heterocycles. The van der Waals surface area contributed by atoms with E-state index in [1.807, 2.05) is 12.1 Å². The van der Waals surface area contributed by atoms with Gasteiger partial charge in [-0.05, 0) is 55.6 Å². The molecule has 0 aromatic carbocycles. The van der Waals surface area contributed by atoms with E-state index in [9.17, 15) is 0 Å². The molecule has 0 amide bonds. The maximum absolute atomic E-state index is 6.58. The van der Waals surface area contributed by atoms with Crippen LogP contribution in [0, 0.1) is 0 Å². The zero-order valence-electron chi connectivity index (χ0n) is 16.1. The van der Waals surface area contributed by atoms with Gasteiger partial charge in [0.25, 0.3) is 5.78 Å². The van der Waals surface area contributed by atoms with Crippen LogP contribution in [0.5, 0.6) is 0 Å². The summed E-state index contributed by atoms with van der Waals surface area (Å²) in [6.07, 6.45) is 6.09. The first-order chi connectivity index (χ1) is 14.6. The fraction of sp³-hybridized carbons (Fsp3) is 0.300. The van der Waals surface area contributed by atoms with Gasteiger partial charge >= 0.3 is 0 Å². The lowest BCUT2D eigenvalue weighted by molar-refractivity contribution is 0.485. The van der Waals surface area contributed by atoms with Crippen molar-refractivity contribution in [1.82, 2.24) is 29.9 Å². The molecule has 2 atom stereocenters. The molecule has 4 aromatic rings. The molecule has 0 bridgehead atoms. The lowest BCUT2D eigenvalue weighted by atomic mass is 9.85. The summed E-state index contributed by atoms with van der Waals surface area (Å²) < 4.78 is 6.93. The van der Waals surface area contributed by atoms with Crippen LogP contribution in [0.25, 0.3) is 17.4 Å². The number of nitrogens with one attached hydrogen (secondary N) is 1. The first-order valence-electron chi connectivity index (χ1n) is 9.79. The quantitative estimate of drug-likeness (QED) is 0.416. The molecule has 0 spiro atoms. The lowest BCUT2D eigenvalue weighted by Crippen LogP contribution is -2.32. The summed E-state index contributed by atoms with van der Waals surface area (Å²) >= 11 is 6.11. The van der Waals surface area contributed by atoms with E-state index in [2.05, 4.69) is 25.4 Å². The number of fused-ring (bicyclic) bond motifs is 1. The molecule has 2 unspecified atom stereocenters. The summed E-state index contributed by atoms with van der Waals surface area (Å²) in [5, 5.41) is 8.53. The van der Waals surface area contributed by atoms with E-state index in [4.69, 9.17) is 27.5 Å². The minimum atomic E-state index is -0.000806. The van der Waals surface area contributed by atoms with Gasteiger partial charge in [-0.2, -0.15) is 14.5 Å². The number of aromatic nitrogens is 5. The van der Waals surface area contributed by atoms with Crippen LogP contribution >= 0.6 is 11.6 Å². The number of anilines is 2. The zero-order chi connectivity index (χ0) is 20.7. The monoisotopic (exact) mass is 424 g/mol. The normalized spacial score (nSPS) is 17.6. The largest absolute Gasteiger partial charge is 0.461 e. The van der Waals surface area contributed by atoms with Gasteiger partial charge < -0.3 is 21.2 Å². The summed E-state index contributed by atoms with van der Waals surface area (Å²) in [6, 6.07) is 7.60. The van der Waals surface area contributed by atoms with E-state index in [0.717, 1.165) is 30.5 Å². The highest BCUT2D eigenvalue weighted by atomic mass is 35.5. The Bertz CT molecular complexity index is 1180. The third-order valence-corrected chi connectivity index (χ3v) is 5.74. The first-order valence-corrected chi connectivity index (χ1v) is 10.2. The van der Waals surface area contributed by atoms with Gasteiger partial charge in [0.15, 0.2) is 5.76 Å². The highest BCUT2D eigenvalue weighted by molar-refractivity contribution is 6.29. The molecule has 5 rings (SSSR count). The van der Waals surface area contributed by atoms with Crippen LogP contribution in [-0.4, -0.2) is 37.2 Å². The maximum atomic E-state index is 6.58. The van der Waals surface area contributed by atoms with E-state index < -0.39 is 0 Å². The Morgan fingerprint density at radius 3 is 2.93 bits per heavy atom. The molecule has 30 heavy (non-hydrogen) atoms. The lowest BCUT2D eigenvalue weighted by Gasteiger charge is -2.26. The molecule has 5 heterocycles. The highest BCUT2D eigenvalue weighted by Gasteiger charge is 2.31. The van der Waals surface area contributed by atoms with E-state index in [1.165, 1.54) is 4.52 Å². The number of hydrogen-bond donors (Lipinski definition) is 3. The second-order valence-corrected chi connectivity index (χ2v) is 7.81. The number of rotatable bonds is 5. The molecular weight excluding hydrogens is 404 g/mol. The molecule has 0 aliphatic carbocycles. The average molecular weight is 425 g/mol. The maximum Gasteiger partial charge on any atom is 0.256 e. The number of nitrogen functional groups attached to an aromatic ring is 2. The Labute approximate surface area is 177 Å². The van der Waals surface area contributed by atoms with Gasteiger partial charge in [-0.25, -0.2) is 4.98 Å². The zero-order valence-corrected chi connectivity index (χ0v) is 16.9. The Kier molecular flexibility index (Phi) is 4.76. The molecule has 1 aliphatic rings. The summed E-state index contributed by atoms with van der Waals surface area (Å²) in [5.74, 6) is 2.08. The van der Waals surface area contributed by atoms with Gasteiger partial charge in [-0.1, -0.05) is 11.6 Å². The van der Waals surface area contributed by atoms with Gasteiger partial charge in [0, 0.05) is 23.7 Å². The van der Waals surface area contributed by atoms with Crippen molar-refractivity contribution < 1.29 is 4.42 Å². The van der Waals surface area contributed by atoms with Crippen LogP contribution in [0.1, 0.15) is 29.9 Å². The number of furan rings is 1. The van der Waals surface area contributed by atoms with Crippen LogP contribution in [-0.2, 0) is 6.42 Å². The summed E-state index contributed by atoms with van der Waals surface area (Å²) in [6.45, 7) is 0.958. The summed E-state index contributed by atoms with van der Waals surface area (Å²) in [4.78, 5) is 13.0. The predicted octanol–water partition coefficient (Wildman–Crippen LogP) is 2.68. The molecule has 0 radical (unpaired) electrons. The topological polar surface area (TPSA) is 133 Å². The average Bonchev–Trinajstić information content (AvgIpc) is 3.48. The minimum absolute atomic E-state index is 0.000806. The summed E-state index contributed by atoms with van der Waals surface area (Å²) in [5.41, 5.74) is 14.8. The second kappa shape index (κ2) is 7.58. The van der Waals surface area contributed by atoms with Gasteiger partial charge in [0.1, 0.15) is 16.8 Å². The third kappa shape index (κ3) is 3.35. The molecule has 1 fully saturated rings. The van der Waals surface area contributed by atoms with Crippen molar-refractivity contribution in [2.24, 2.45) is 0 Å². The van der Waals surface area contributed by atoms with Gasteiger partial charge in [0.05, 0.1) is 6.26 Å². The Hall–Kier alpha value is -3.17. The fourth-order valence-electron chi connectivity index (χ4n) is 4.17. The van der Waals surface area contributed by atoms with E-state index in [0.29, 0.717) is 40.6 Å². The molecule has 9 nitrogen and oxygen atoms in total. The highest BCUT2D eigenvalue weighted by Crippen LogP contribution is 2.36. The van der Waals surface area contributed by atoms with E-state index >= 15 is 0 Å². The van der Waals surface area contributed by atoms with Gasteiger partial charge in [-0.3, -0.25) is 0 Å². The number of nitrogens with zero attached hydrogens (tertiary/aromatic N) is 5. The minimum Gasteiger partial charge on any atom is -0.461 e. The van der Waals surface area contributed by atoms with Crippen molar-refractivity contribution in [3.05, 3.63) is 53.0 Å². The molecular formula is C20H21ClN8O. The molecule has 1 aliphatic heterocycles. The van der Waals surface area contributed by atoms with Crippen LogP contribution in [0.4, 0.5) is 11.6 Å². The van der Waals surface area contributed by atoms with Crippen molar-refractivity contribution in [1.29, 1.82) is 0 Å². The number of pyridine rings is 1. The van der Waals surface area contributed by atoms with Crippen LogP contribution in [0.2, 0.25) is 5.15 Å². The molecule has 5 N–H and O–H groups in total. The number of halogens is 1. The van der Waals surface area contributed by atoms with E-state index in [-0.39, 0.29) is 12.0 Å². The fourth-order valence-corrected chi connectivity index (χ4v) is 4.36. The Balaban J connectivity index is 1.61. The predicted molar refractivity (Wildman–Crippen MR) is 114 cm³/mol. The Morgan fingerprint density at radius 1 is 1.30 bits per heavy atom. The van der Waals surface area contributed by atoms with Crippen molar-refractivity contribution in [2.75, 3.05) is 18.0 Å². The second-order valence-electron chi connectivity index (χ2n) is 7.42. The molecule has 154 valence electrons. The first kappa shape index (κ1) is 18.8. The van der Waals surface area contributed by atoms with Crippen molar-refractivity contribution in [2.45, 2.75) is 31.2 Å². The van der Waals surface area contributed by atoms with Crippen LogP contribution in [0.3, 0.4) is 0 Å². The van der Waals surface area contributed by atoms with Crippen LogP contribution < -0.4 is 16.8 Å². The van der Waals surface area contributed by atoms with Gasteiger partial charge in [0.2, 0.25) is 5.82 Å². The smallest absolute Gasteiger partial charge is 0.256 e. The SMILES string of the molecule is Nc1nc2nc(-c3ccco3)nn2c(N)c1C(Cc1ccnc(Cl)c1)C1CCCN1. The standard InChI is InChI=1S/C20H21ClN8O/c21-15-10-11(5-7-25-15)9-12(13-3-1-6-24-13)16-17(22)26-20-27-19(14-4-2-8-30-14)28-29(20)18(16)23/h2,4-5,7-8,10,12-13,24H,1,3,6,9,23H2,(H2,22,26,27,28). The molecule has 0 saturated carbocycles. The van der Waals surface area contributed by atoms with Crippen molar-refractivity contribution in [3.63, 3.8) is 0 Å². The van der Waals surface area contributed by atoms with Crippen LogP contribution in [0.15, 0.2) is 41.1 Å². The molecule has 10 heteroatoms. The third-order valence-electron chi connectivity index (χ3n) is 5.53. The number of nitrogens with two attached hydrogens (primary N) is 2. The summed E-state index contributed by atoms with van der Waals surface area (Å²) in [7, 11) is 0. The van der Waals surface area contributed by atoms with Gasteiger partial charge in [-0.15, -0.1) is 5.10 Å². The number of hydrogen-bond acceptors (Lipinski definition) is 8. The van der Waals surface area contributed by atoms with Crippen molar-refractivity contribution >= 4 is 29.0 Å². The molecule has 1 saturated heterocycles. The van der Waals surface area contributed by atoms with Crippen molar-refractivity contribution in [3.8, 4) is 11.6 Å². The van der Waals surface area contributed by atoms with E-state index in [1.54, 1.807) is 24.6 Å². The Morgan fingerprint density at radius 2 is 2.20 bits per heavy atom.